The Hall–Kier alpha value is -3.59. The van der Waals surface area contributed by atoms with Crippen molar-refractivity contribution in [2.24, 2.45) is 24.8 Å². The molecule has 2 aromatic heterocycles. The predicted molar refractivity (Wildman–Crippen MR) is 170 cm³/mol. The molecule has 0 atom stereocenters. The summed E-state index contributed by atoms with van der Waals surface area (Å²) in [5.41, 5.74) is 3.96. The molecule has 2 aromatic carbocycles. The van der Waals surface area contributed by atoms with Gasteiger partial charge in [0.05, 0.1) is 26.7 Å². The first-order valence-electron chi connectivity index (χ1n) is 16.1. The molecule has 7 nitrogen and oxygen atoms in total. The number of hydrogen-bond donors (Lipinski definition) is 1. The number of hydrogen-bond acceptors (Lipinski definition) is 5. The number of aromatic nitrogens is 3. The number of fused-ring (bicyclic) bond motifs is 1. The lowest BCUT2D eigenvalue weighted by Crippen LogP contribution is -2.41. The van der Waals surface area contributed by atoms with Crippen LogP contribution in [-0.4, -0.2) is 38.3 Å². The number of anilines is 1. The zero-order chi connectivity index (χ0) is 30.4. The van der Waals surface area contributed by atoms with Gasteiger partial charge in [0.1, 0.15) is 0 Å². The molecule has 0 bridgehead atoms. The first-order chi connectivity index (χ1) is 21.3. The van der Waals surface area contributed by atoms with Crippen molar-refractivity contribution in [3.8, 4) is 10.4 Å². The molecule has 7 rings (SSSR count). The molecule has 0 unspecified atom stereocenters. The summed E-state index contributed by atoms with van der Waals surface area (Å²) in [4.78, 5) is 33.5. The number of aliphatic carboxylic acids is 1. The van der Waals surface area contributed by atoms with Crippen molar-refractivity contribution in [3.63, 3.8) is 0 Å². The Balaban J connectivity index is 1.09. The van der Waals surface area contributed by atoms with E-state index in [9.17, 15) is 19.1 Å². The van der Waals surface area contributed by atoms with E-state index in [1.54, 1.807) is 23.1 Å². The fourth-order valence-corrected chi connectivity index (χ4v) is 8.41. The van der Waals surface area contributed by atoms with E-state index in [0.29, 0.717) is 55.4 Å². The lowest BCUT2D eigenvalue weighted by Gasteiger charge is -2.36. The molecular formula is C35H39FN4O3S. The Morgan fingerprint density at radius 1 is 0.955 bits per heavy atom. The highest BCUT2D eigenvalue weighted by Gasteiger charge is 2.35. The number of amides is 1. The van der Waals surface area contributed by atoms with Crippen LogP contribution in [0.1, 0.15) is 86.6 Å². The number of carboxylic acids is 1. The zero-order valence-electron chi connectivity index (χ0n) is 25.1. The number of aryl methyl sites for hydroxylation is 1. The molecule has 44 heavy (non-hydrogen) atoms. The second-order valence-corrected chi connectivity index (χ2v) is 14.2. The third-order valence-electron chi connectivity index (χ3n) is 10.2. The van der Waals surface area contributed by atoms with E-state index in [0.717, 1.165) is 52.9 Å². The highest BCUT2D eigenvalue weighted by atomic mass is 32.1. The summed E-state index contributed by atoms with van der Waals surface area (Å²) in [6.07, 6.45) is 10.7. The predicted octanol–water partition coefficient (Wildman–Crippen LogP) is 7.91. The smallest absolute Gasteiger partial charge is 0.306 e. The molecule has 3 aliphatic rings. The van der Waals surface area contributed by atoms with E-state index < -0.39 is 11.9 Å². The number of carboxylic acid groups (broad SMARTS) is 1. The van der Waals surface area contributed by atoms with E-state index in [2.05, 4.69) is 28.3 Å². The fraction of sp³-hybridized carbons (Fsp3) is 0.486. The Kier molecular flexibility index (Phi) is 7.99. The highest BCUT2D eigenvalue weighted by Crippen LogP contribution is 2.44. The summed E-state index contributed by atoms with van der Waals surface area (Å²) in [6.45, 7) is 0.653. The third kappa shape index (κ3) is 5.91. The summed E-state index contributed by atoms with van der Waals surface area (Å²) in [6, 6.07) is 14.3. The standard InChI is InChI=1S/C35H39FN4O3S/c1-39-30-16-15-26(18-29(30)32(36)38-39)22-7-5-21(6-8-22)20-40(34(41)24-11-13-25(14-12-24)35(42)43)28-4-2-3-27(17-28)31-19-37-33(44-31)23-9-10-23/h2-4,15-19,21-25H,5-14,20H2,1H3,(H,42,43)/t21-,22-,24-,25-. The minimum atomic E-state index is -0.752. The summed E-state index contributed by atoms with van der Waals surface area (Å²) in [7, 11) is 1.76. The number of carbonyl (C=O) groups is 2. The summed E-state index contributed by atoms with van der Waals surface area (Å²) < 4.78 is 16.0. The van der Waals surface area contributed by atoms with E-state index in [1.807, 2.05) is 35.4 Å². The minimum absolute atomic E-state index is 0.119. The Labute approximate surface area is 261 Å². The lowest BCUT2D eigenvalue weighted by atomic mass is 9.78. The number of rotatable bonds is 8. The molecule has 9 heteroatoms. The van der Waals surface area contributed by atoms with Crippen LogP contribution in [0.2, 0.25) is 0 Å². The monoisotopic (exact) mass is 614 g/mol. The topological polar surface area (TPSA) is 88.3 Å². The first kappa shape index (κ1) is 29.1. The van der Waals surface area contributed by atoms with Crippen LogP contribution < -0.4 is 4.90 Å². The molecule has 1 N–H and O–H groups in total. The molecule has 0 saturated heterocycles. The second-order valence-electron chi connectivity index (χ2n) is 13.1. The second kappa shape index (κ2) is 12.1. The average Bonchev–Trinajstić information content (AvgIpc) is 3.71. The van der Waals surface area contributed by atoms with Crippen LogP contribution in [0.5, 0.6) is 0 Å². The van der Waals surface area contributed by atoms with Crippen LogP contribution >= 0.6 is 11.3 Å². The number of benzene rings is 2. The molecule has 3 aliphatic carbocycles. The van der Waals surface area contributed by atoms with Crippen molar-refractivity contribution in [1.29, 1.82) is 0 Å². The molecule has 0 radical (unpaired) electrons. The lowest BCUT2D eigenvalue weighted by molar-refractivity contribution is -0.144. The van der Waals surface area contributed by atoms with Gasteiger partial charge in [-0.2, -0.15) is 4.39 Å². The van der Waals surface area contributed by atoms with Crippen molar-refractivity contribution in [2.45, 2.75) is 76.0 Å². The molecule has 0 aliphatic heterocycles. The molecule has 4 aromatic rings. The Morgan fingerprint density at radius 3 is 2.41 bits per heavy atom. The quantitative estimate of drug-likeness (QED) is 0.218. The maximum absolute atomic E-state index is 14.4. The van der Waals surface area contributed by atoms with E-state index in [4.69, 9.17) is 0 Å². The molecule has 3 fully saturated rings. The molecule has 2 heterocycles. The number of thiazole rings is 1. The SMILES string of the molecule is Cn1nc(F)c2cc([C@H]3CC[C@H](CN(c4cccc(-c5cnc(C6CC6)s5)c4)C(=O)[C@H]4CC[C@H](C(=O)O)CC4)CC3)ccc21. The minimum Gasteiger partial charge on any atom is -0.481 e. The largest absolute Gasteiger partial charge is 0.481 e. The summed E-state index contributed by atoms with van der Waals surface area (Å²) >= 11 is 1.75. The summed E-state index contributed by atoms with van der Waals surface area (Å²) in [5.74, 6) is -0.232. The fourth-order valence-electron chi connectivity index (χ4n) is 7.33. The van der Waals surface area contributed by atoms with Gasteiger partial charge in [-0.3, -0.25) is 14.3 Å². The number of nitrogens with zero attached hydrogens (tertiary/aromatic N) is 4. The maximum atomic E-state index is 14.4. The van der Waals surface area contributed by atoms with Gasteiger partial charge in [-0.1, -0.05) is 18.2 Å². The third-order valence-corrected chi connectivity index (χ3v) is 11.4. The molecular weight excluding hydrogens is 575 g/mol. The van der Waals surface area contributed by atoms with Gasteiger partial charge in [0.25, 0.3) is 0 Å². The molecule has 0 spiro atoms. The van der Waals surface area contributed by atoms with Gasteiger partial charge in [-0.15, -0.1) is 16.4 Å². The van der Waals surface area contributed by atoms with E-state index in [-0.39, 0.29) is 17.7 Å². The summed E-state index contributed by atoms with van der Waals surface area (Å²) in [5, 5.41) is 15.2. The van der Waals surface area contributed by atoms with Crippen LogP contribution in [0.3, 0.4) is 0 Å². The molecule has 1 amide bonds. The van der Waals surface area contributed by atoms with Crippen molar-refractivity contribution in [2.75, 3.05) is 11.4 Å². The van der Waals surface area contributed by atoms with Crippen LogP contribution in [0.4, 0.5) is 10.1 Å². The van der Waals surface area contributed by atoms with Gasteiger partial charge in [0.15, 0.2) is 0 Å². The van der Waals surface area contributed by atoms with E-state index >= 15 is 0 Å². The van der Waals surface area contributed by atoms with Gasteiger partial charge < -0.3 is 10.0 Å². The van der Waals surface area contributed by atoms with Gasteiger partial charge >= 0.3 is 5.97 Å². The van der Waals surface area contributed by atoms with Gasteiger partial charge in [-0.25, -0.2) is 4.98 Å². The Morgan fingerprint density at radius 2 is 1.68 bits per heavy atom. The van der Waals surface area contributed by atoms with E-state index in [1.165, 1.54) is 17.8 Å². The highest BCUT2D eigenvalue weighted by molar-refractivity contribution is 7.15. The van der Waals surface area contributed by atoms with Crippen molar-refractivity contribution < 1.29 is 19.1 Å². The number of carbonyl (C=O) groups excluding carboxylic acids is 1. The maximum Gasteiger partial charge on any atom is 0.306 e. The van der Waals surface area contributed by atoms with Crippen LogP contribution in [0.15, 0.2) is 48.7 Å². The van der Waals surface area contributed by atoms with Crippen molar-refractivity contribution in [1.82, 2.24) is 14.8 Å². The van der Waals surface area contributed by atoms with Crippen LogP contribution in [0, 0.1) is 23.7 Å². The first-order valence-corrected chi connectivity index (χ1v) is 16.9. The van der Waals surface area contributed by atoms with Crippen molar-refractivity contribution in [3.05, 3.63) is 65.2 Å². The Bertz CT molecular complexity index is 1680. The van der Waals surface area contributed by atoms with Crippen molar-refractivity contribution >= 4 is 39.8 Å². The number of halogens is 1. The zero-order valence-corrected chi connectivity index (χ0v) is 25.9. The van der Waals surface area contributed by atoms with Crippen LogP contribution in [-0.2, 0) is 16.6 Å². The van der Waals surface area contributed by atoms with Gasteiger partial charge in [-0.05, 0) is 111 Å². The van der Waals surface area contributed by atoms with Gasteiger partial charge in [0, 0.05) is 37.3 Å². The molecule has 3 saturated carbocycles. The molecule has 230 valence electrons. The average molecular weight is 615 g/mol. The normalized spacial score (nSPS) is 24.0. The van der Waals surface area contributed by atoms with Gasteiger partial charge in [0.2, 0.25) is 11.9 Å². The van der Waals surface area contributed by atoms with Crippen LogP contribution in [0.25, 0.3) is 21.3 Å².